The Morgan fingerprint density at radius 1 is 1.24 bits per heavy atom. The maximum Gasteiger partial charge on any atom is 0.167 e. The van der Waals surface area contributed by atoms with Crippen LogP contribution in [0.5, 0.6) is 0 Å². The summed E-state index contributed by atoms with van der Waals surface area (Å²) in [4.78, 5) is 6.63. The highest BCUT2D eigenvalue weighted by Gasteiger charge is 2.28. The Bertz CT molecular complexity index is 1060. The topological polar surface area (TPSA) is 93.3 Å². The predicted molar refractivity (Wildman–Crippen MR) is 91.9 cm³/mol. The van der Waals surface area contributed by atoms with E-state index in [1.54, 1.807) is 10.9 Å². The van der Waals surface area contributed by atoms with Gasteiger partial charge in [0.15, 0.2) is 17.3 Å². The van der Waals surface area contributed by atoms with Gasteiger partial charge < -0.3 is 9.47 Å². The van der Waals surface area contributed by atoms with Gasteiger partial charge in [-0.2, -0.15) is 10.2 Å². The second-order valence-corrected chi connectivity index (χ2v) is 6.40. The van der Waals surface area contributed by atoms with Gasteiger partial charge in [0, 0.05) is 26.0 Å². The van der Waals surface area contributed by atoms with Crippen molar-refractivity contribution in [3.8, 4) is 11.4 Å². The fourth-order valence-corrected chi connectivity index (χ4v) is 3.56. The van der Waals surface area contributed by atoms with Gasteiger partial charge in [0.2, 0.25) is 0 Å². The molecule has 0 fully saturated rings. The van der Waals surface area contributed by atoms with E-state index < -0.39 is 0 Å². The van der Waals surface area contributed by atoms with E-state index in [2.05, 4.69) is 46.9 Å². The first-order valence-corrected chi connectivity index (χ1v) is 8.16. The van der Waals surface area contributed by atoms with Gasteiger partial charge in [-0.1, -0.05) is 0 Å². The SMILES string of the molecule is C[C@H]1CN(c2ccnc3[nH]ncc23)Cc2nnc(-c3cnn(C)c3)n21. The summed E-state index contributed by atoms with van der Waals surface area (Å²) in [5, 5.41) is 21.2. The smallest absolute Gasteiger partial charge is 0.167 e. The molecule has 1 atom stereocenters. The van der Waals surface area contributed by atoms with E-state index in [-0.39, 0.29) is 6.04 Å². The number of anilines is 1. The van der Waals surface area contributed by atoms with Crippen molar-refractivity contribution in [3.63, 3.8) is 0 Å². The van der Waals surface area contributed by atoms with E-state index >= 15 is 0 Å². The quantitative estimate of drug-likeness (QED) is 0.597. The molecular formula is C16H17N9. The molecule has 0 saturated heterocycles. The number of aromatic nitrogens is 8. The molecule has 0 saturated carbocycles. The molecule has 0 unspecified atom stereocenters. The molecule has 126 valence electrons. The summed E-state index contributed by atoms with van der Waals surface area (Å²) in [5.41, 5.74) is 2.90. The molecule has 4 aromatic rings. The lowest BCUT2D eigenvalue weighted by molar-refractivity contribution is 0.467. The zero-order valence-electron chi connectivity index (χ0n) is 14.0. The lowest BCUT2D eigenvalue weighted by atomic mass is 10.1. The summed E-state index contributed by atoms with van der Waals surface area (Å²) in [5.74, 6) is 1.82. The van der Waals surface area contributed by atoms with Crippen LogP contribution in [-0.4, -0.2) is 46.3 Å². The van der Waals surface area contributed by atoms with Crippen molar-refractivity contribution in [1.29, 1.82) is 0 Å². The van der Waals surface area contributed by atoms with E-state index in [1.165, 1.54) is 0 Å². The number of nitrogens with one attached hydrogen (secondary N) is 1. The monoisotopic (exact) mass is 335 g/mol. The summed E-state index contributed by atoms with van der Waals surface area (Å²) in [6.45, 7) is 3.75. The number of aromatic amines is 1. The second-order valence-electron chi connectivity index (χ2n) is 6.40. The van der Waals surface area contributed by atoms with Gasteiger partial charge >= 0.3 is 0 Å². The lowest BCUT2D eigenvalue weighted by Crippen LogP contribution is -2.36. The van der Waals surface area contributed by atoms with Gasteiger partial charge in [-0.3, -0.25) is 9.78 Å². The zero-order valence-corrected chi connectivity index (χ0v) is 14.0. The molecule has 5 rings (SSSR count). The zero-order chi connectivity index (χ0) is 17.0. The third kappa shape index (κ3) is 2.12. The highest BCUT2D eigenvalue weighted by Crippen LogP contribution is 2.32. The third-order valence-corrected chi connectivity index (χ3v) is 4.66. The number of hydrogen-bond acceptors (Lipinski definition) is 6. The van der Waals surface area contributed by atoms with Gasteiger partial charge in [0.1, 0.15) is 0 Å². The van der Waals surface area contributed by atoms with Crippen molar-refractivity contribution in [2.75, 3.05) is 11.4 Å². The highest BCUT2D eigenvalue weighted by molar-refractivity contribution is 5.88. The normalized spacial score (nSPS) is 17.2. The molecule has 5 heterocycles. The first-order valence-electron chi connectivity index (χ1n) is 8.16. The Hall–Kier alpha value is -3.23. The van der Waals surface area contributed by atoms with E-state index in [9.17, 15) is 0 Å². The van der Waals surface area contributed by atoms with Crippen molar-refractivity contribution in [3.05, 3.63) is 36.7 Å². The van der Waals surface area contributed by atoms with E-state index in [0.29, 0.717) is 6.54 Å². The Balaban J connectivity index is 1.56. The molecule has 0 spiro atoms. The van der Waals surface area contributed by atoms with Crippen molar-refractivity contribution < 1.29 is 0 Å². The summed E-state index contributed by atoms with van der Waals surface area (Å²) >= 11 is 0. The largest absolute Gasteiger partial charge is 0.361 e. The number of aryl methyl sites for hydroxylation is 1. The lowest BCUT2D eigenvalue weighted by Gasteiger charge is -2.34. The average molecular weight is 335 g/mol. The van der Waals surface area contributed by atoms with E-state index in [0.717, 1.165) is 40.5 Å². The highest BCUT2D eigenvalue weighted by atomic mass is 15.4. The van der Waals surface area contributed by atoms with Gasteiger partial charge in [0.05, 0.1) is 41.6 Å². The summed E-state index contributed by atoms with van der Waals surface area (Å²) in [6.07, 6.45) is 7.42. The van der Waals surface area contributed by atoms with Crippen LogP contribution < -0.4 is 4.90 Å². The molecule has 9 heteroatoms. The first-order chi connectivity index (χ1) is 12.2. The van der Waals surface area contributed by atoms with Crippen LogP contribution in [0.25, 0.3) is 22.4 Å². The minimum absolute atomic E-state index is 0.240. The molecule has 9 nitrogen and oxygen atoms in total. The van der Waals surface area contributed by atoms with Crippen LogP contribution in [0, 0.1) is 0 Å². The van der Waals surface area contributed by atoms with E-state index in [1.807, 2.05) is 31.7 Å². The number of H-pyrrole nitrogens is 1. The molecule has 0 aliphatic carbocycles. The molecular weight excluding hydrogens is 318 g/mol. The molecule has 0 bridgehead atoms. The van der Waals surface area contributed by atoms with Crippen molar-refractivity contribution >= 4 is 16.7 Å². The van der Waals surface area contributed by atoms with Crippen LogP contribution in [0.1, 0.15) is 18.8 Å². The van der Waals surface area contributed by atoms with Crippen LogP contribution in [0.2, 0.25) is 0 Å². The van der Waals surface area contributed by atoms with Crippen molar-refractivity contribution in [1.82, 2.24) is 39.7 Å². The fraction of sp³-hybridized carbons (Fsp3) is 0.312. The molecule has 4 aromatic heterocycles. The minimum Gasteiger partial charge on any atom is -0.361 e. The molecule has 25 heavy (non-hydrogen) atoms. The Labute approximate surface area is 143 Å². The van der Waals surface area contributed by atoms with Crippen molar-refractivity contribution in [2.45, 2.75) is 19.5 Å². The number of rotatable bonds is 2. The molecule has 0 aromatic carbocycles. The summed E-state index contributed by atoms with van der Waals surface area (Å²) < 4.78 is 3.99. The Morgan fingerprint density at radius 3 is 3.00 bits per heavy atom. The first kappa shape index (κ1) is 14.1. The Kier molecular flexibility index (Phi) is 2.90. The molecule has 0 amide bonds. The third-order valence-electron chi connectivity index (χ3n) is 4.66. The molecule has 1 aliphatic rings. The number of fused-ring (bicyclic) bond motifs is 2. The molecule has 1 N–H and O–H groups in total. The average Bonchev–Trinajstić information content (AvgIpc) is 3.32. The second kappa shape index (κ2) is 5.13. The Morgan fingerprint density at radius 2 is 2.16 bits per heavy atom. The van der Waals surface area contributed by atoms with Gasteiger partial charge in [-0.05, 0) is 13.0 Å². The number of hydrogen-bond donors (Lipinski definition) is 1. The number of pyridine rings is 1. The summed E-state index contributed by atoms with van der Waals surface area (Å²) in [7, 11) is 1.90. The molecule has 0 radical (unpaired) electrons. The minimum atomic E-state index is 0.240. The predicted octanol–water partition coefficient (Wildman–Crippen LogP) is 1.53. The fourth-order valence-electron chi connectivity index (χ4n) is 3.56. The van der Waals surface area contributed by atoms with Crippen LogP contribution in [0.4, 0.5) is 5.69 Å². The van der Waals surface area contributed by atoms with Crippen LogP contribution in [0.3, 0.4) is 0 Å². The van der Waals surface area contributed by atoms with Crippen LogP contribution in [0.15, 0.2) is 30.9 Å². The number of nitrogens with zero attached hydrogens (tertiary/aromatic N) is 8. The van der Waals surface area contributed by atoms with Crippen molar-refractivity contribution in [2.24, 2.45) is 7.05 Å². The van der Waals surface area contributed by atoms with Gasteiger partial charge in [0.25, 0.3) is 0 Å². The maximum atomic E-state index is 4.43. The van der Waals surface area contributed by atoms with Gasteiger partial charge in [-0.15, -0.1) is 10.2 Å². The van der Waals surface area contributed by atoms with Crippen LogP contribution >= 0.6 is 0 Å². The summed E-state index contributed by atoms with van der Waals surface area (Å²) in [6, 6.07) is 2.27. The van der Waals surface area contributed by atoms with E-state index in [4.69, 9.17) is 0 Å². The standard InChI is InChI=1S/C16H17N9/c1-10-7-24(13-3-4-17-15-12(13)6-18-21-15)9-14-20-22-16(25(10)14)11-5-19-23(2)8-11/h3-6,8,10H,7,9H2,1-2H3,(H,17,18,21)/t10-/m0/s1. The maximum absolute atomic E-state index is 4.43. The van der Waals surface area contributed by atoms with Crippen LogP contribution in [-0.2, 0) is 13.6 Å². The molecule has 1 aliphatic heterocycles. The van der Waals surface area contributed by atoms with Gasteiger partial charge in [-0.25, -0.2) is 4.98 Å².